The largest absolute Gasteiger partial charge is 0.495 e. The van der Waals surface area contributed by atoms with Crippen LogP contribution in [0.5, 0.6) is 5.75 Å². The summed E-state index contributed by atoms with van der Waals surface area (Å²) < 4.78 is 5.47. The van der Waals surface area contributed by atoms with E-state index in [4.69, 9.17) is 22.1 Å². The number of hydrogen-bond donors (Lipinski definition) is 1. The highest BCUT2D eigenvalue weighted by Gasteiger charge is 2.32. The van der Waals surface area contributed by atoms with Gasteiger partial charge in [0.2, 0.25) is 0 Å². The first kappa shape index (κ1) is 13.7. The Hall–Kier alpha value is -0.770. The molecule has 0 bridgehead atoms. The molecule has 1 heterocycles. The molecule has 18 heavy (non-hydrogen) atoms. The maximum absolute atomic E-state index is 6.26. The molecule has 1 aromatic rings. The van der Waals surface area contributed by atoms with Crippen LogP contribution < -0.4 is 10.5 Å². The van der Waals surface area contributed by atoms with Crippen molar-refractivity contribution in [3.8, 4) is 5.75 Å². The monoisotopic (exact) mass is 268 g/mol. The molecule has 0 spiro atoms. The Morgan fingerprint density at radius 3 is 2.78 bits per heavy atom. The molecule has 0 saturated carbocycles. The van der Waals surface area contributed by atoms with E-state index in [0.717, 1.165) is 25.3 Å². The van der Waals surface area contributed by atoms with E-state index in [-0.39, 0.29) is 0 Å². The van der Waals surface area contributed by atoms with Gasteiger partial charge in [0.15, 0.2) is 0 Å². The molecule has 3 nitrogen and oxygen atoms in total. The first-order valence-corrected chi connectivity index (χ1v) is 6.69. The van der Waals surface area contributed by atoms with Crippen LogP contribution in [0.2, 0.25) is 5.02 Å². The first-order chi connectivity index (χ1) is 8.56. The highest BCUT2D eigenvalue weighted by Crippen LogP contribution is 2.41. The van der Waals surface area contributed by atoms with Gasteiger partial charge >= 0.3 is 0 Å². The fraction of sp³-hybridized carbons (Fsp3) is 0.571. The van der Waals surface area contributed by atoms with E-state index < -0.39 is 0 Å². The van der Waals surface area contributed by atoms with Crippen molar-refractivity contribution in [2.45, 2.75) is 19.4 Å². The number of ether oxygens (including phenoxy) is 1. The van der Waals surface area contributed by atoms with Gasteiger partial charge in [-0.05, 0) is 44.5 Å². The average molecular weight is 269 g/mol. The molecule has 4 heteroatoms. The Kier molecular flexibility index (Phi) is 4.15. The number of nitrogens with zero attached hydrogens (tertiary/aromatic N) is 1. The van der Waals surface area contributed by atoms with Crippen LogP contribution in [0, 0.1) is 12.8 Å². The summed E-state index contributed by atoms with van der Waals surface area (Å²) >= 11 is 6.26. The lowest BCUT2D eigenvalue weighted by molar-refractivity contribution is 0.303. The molecule has 0 radical (unpaired) electrons. The zero-order valence-electron chi connectivity index (χ0n) is 11.2. The molecule has 1 fully saturated rings. The van der Waals surface area contributed by atoms with Crippen molar-refractivity contribution >= 4 is 11.6 Å². The fourth-order valence-electron chi connectivity index (χ4n) is 2.86. The summed E-state index contributed by atoms with van der Waals surface area (Å²) in [6.07, 6.45) is 1.07. The lowest BCUT2D eigenvalue weighted by Gasteiger charge is -2.23. The van der Waals surface area contributed by atoms with Crippen molar-refractivity contribution in [3.63, 3.8) is 0 Å². The van der Waals surface area contributed by atoms with E-state index in [1.54, 1.807) is 7.11 Å². The van der Waals surface area contributed by atoms with E-state index in [2.05, 4.69) is 24.9 Å². The molecule has 2 atom stereocenters. The number of methoxy groups -OCH3 is 1. The lowest BCUT2D eigenvalue weighted by atomic mass is 9.97. The number of halogens is 1. The van der Waals surface area contributed by atoms with Crippen LogP contribution in [-0.2, 0) is 0 Å². The minimum atomic E-state index is 0.353. The van der Waals surface area contributed by atoms with Crippen molar-refractivity contribution < 1.29 is 4.74 Å². The summed E-state index contributed by atoms with van der Waals surface area (Å²) in [4.78, 5) is 2.34. The summed E-state index contributed by atoms with van der Waals surface area (Å²) in [5.41, 5.74) is 8.13. The second-order valence-corrected chi connectivity index (χ2v) is 5.57. The van der Waals surface area contributed by atoms with Crippen molar-refractivity contribution in [1.82, 2.24) is 4.90 Å². The molecule has 2 N–H and O–H groups in total. The third-order valence-electron chi connectivity index (χ3n) is 3.75. The molecule has 2 unspecified atom stereocenters. The molecule has 2 rings (SSSR count). The molecule has 0 amide bonds. The summed E-state index contributed by atoms with van der Waals surface area (Å²) in [7, 11) is 3.81. The Balaban J connectivity index is 2.38. The molecule has 0 aliphatic carbocycles. The molecule has 100 valence electrons. The van der Waals surface area contributed by atoms with E-state index >= 15 is 0 Å². The molecule has 1 aliphatic rings. The number of rotatable bonds is 3. The topological polar surface area (TPSA) is 38.5 Å². The lowest BCUT2D eigenvalue weighted by Crippen LogP contribution is -2.21. The van der Waals surface area contributed by atoms with Gasteiger partial charge < -0.3 is 10.5 Å². The molecule has 1 aliphatic heterocycles. The molecule has 0 aromatic heterocycles. The van der Waals surface area contributed by atoms with E-state index in [1.807, 2.05) is 6.07 Å². The fourth-order valence-corrected chi connectivity index (χ4v) is 3.22. The van der Waals surface area contributed by atoms with Gasteiger partial charge in [-0.25, -0.2) is 0 Å². The highest BCUT2D eigenvalue weighted by atomic mass is 35.5. The van der Waals surface area contributed by atoms with Gasteiger partial charge in [0, 0.05) is 18.2 Å². The number of benzene rings is 1. The van der Waals surface area contributed by atoms with Crippen molar-refractivity contribution in [2.24, 2.45) is 11.7 Å². The molecule has 1 saturated heterocycles. The maximum atomic E-state index is 6.26. The highest BCUT2D eigenvalue weighted by molar-refractivity contribution is 6.32. The van der Waals surface area contributed by atoms with Crippen molar-refractivity contribution in [1.29, 1.82) is 0 Å². The minimum absolute atomic E-state index is 0.353. The first-order valence-electron chi connectivity index (χ1n) is 6.31. The summed E-state index contributed by atoms with van der Waals surface area (Å²) in [5.74, 6) is 1.36. The van der Waals surface area contributed by atoms with E-state index in [9.17, 15) is 0 Å². The maximum Gasteiger partial charge on any atom is 0.142 e. The molecular formula is C14H21ClN2O. The third kappa shape index (κ3) is 2.48. The predicted molar refractivity (Wildman–Crippen MR) is 75.3 cm³/mol. The third-order valence-corrected chi connectivity index (χ3v) is 4.03. The normalized spacial score (nSPS) is 24.5. The van der Waals surface area contributed by atoms with E-state index in [0.29, 0.717) is 17.0 Å². The predicted octanol–water partition coefficient (Wildman–Crippen LogP) is 2.61. The van der Waals surface area contributed by atoms with Crippen LogP contribution in [0.15, 0.2) is 12.1 Å². The molecular weight excluding hydrogens is 248 g/mol. The Morgan fingerprint density at radius 1 is 1.50 bits per heavy atom. The number of nitrogens with two attached hydrogens (primary N) is 1. The van der Waals surface area contributed by atoms with Gasteiger partial charge in [0.1, 0.15) is 5.75 Å². The Labute approximate surface area is 114 Å². The van der Waals surface area contributed by atoms with Gasteiger partial charge in [-0.3, -0.25) is 4.90 Å². The Morgan fingerprint density at radius 2 is 2.22 bits per heavy atom. The smallest absolute Gasteiger partial charge is 0.142 e. The average Bonchev–Trinajstić information content (AvgIpc) is 2.69. The minimum Gasteiger partial charge on any atom is -0.495 e. The molecule has 1 aromatic carbocycles. The van der Waals surface area contributed by atoms with Crippen LogP contribution in [0.1, 0.15) is 23.6 Å². The van der Waals surface area contributed by atoms with Crippen LogP contribution in [0.3, 0.4) is 0 Å². The summed E-state index contributed by atoms with van der Waals surface area (Å²) in [5, 5.41) is 0.692. The van der Waals surface area contributed by atoms with Crippen LogP contribution >= 0.6 is 11.6 Å². The summed E-state index contributed by atoms with van der Waals surface area (Å²) in [6, 6.07) is 4.47. The summed E-state index contributed by atoms with van der Waals surface area (Å²) in [6.45, 7) is 3.84. The zero-order chi connectivity index (χ0) is 13.3. The van der Waals surface area contributed by atoms with Gasteiger partial charge in [0.25, 0.3) is 0 Å². The Bertz CT molecular complexity index is 436. The SMILES string of the molecule is COc1c(Cl)cc(C)cc1C1CC(CN)CN1C. The standard InChI is InChI=1S/C14H21ClN2O/c1-9-4-11(14(18-3)12(15)5-9)13-6-10(7-16)8-17(13)2/h4-5,10,13H,6-8,16H2,1-3H3. The van der Waals surface area contributed by atoms with Crippen molar-refractivity contribution in [2.75, 3.05) is 27.2 Å². The second-order valence-electron chi connectivity index (χ2n) is 5.16. The number of hydrogen-bond acceptors (Lipinski definition) is 3. The van der Waals surface area contributed by atoms with E-state index in [1.165, 1.54) is 11.1 Å². The van der Waals surface area contributed by atoms with Gasteiger partial charge in [-0.15, -0.1) is 0 Å². The van der Waals surface area contributed by atoms with Gasteiger partial charge in [-0.1, -0.05) is 17.7 Å². The van der Waals surface area contributed by atoms with Crippen LogP contribution in [-0.4, -0.2) is 32.1 Å². The van der Waals surface area contributed by atoms with Gasteiger partial charge in [0.05, 0.1) is 12.1 Å². The van der Waals surface area contributed by atoms with Gasteiger partial charge in [-0.2, -0.15) is 0 Å². The van der Waals surface area contributed by atoms with Crippen molar-refractivity contribution in [3.05, 3.63) is 28.3 Å². The zero-order valence-corrected chi connectivity index (χ0v) is 12.0. The number of aryl methyl sites for hydroxylation is 1. The number of likely N-dealkylation sites (tertiary alicyclic amines) is 1. The quantitative estimate of drug-likeness (QED) is 0.916. The second kappa shape index (κ2) is 5.47. The van der Waals surface area contributed by atoms with Crippen LogP contribution in [0.25, 0.3) is 0 Å². The van der Waals surface area contributed by atoms with Crippen LogP contribution in [0.4, 0.5) is 0 Å².